The van der Waals surface area contributed by atoms with Crippen LogP contribution in [0.25, 0.3) is 0 Å². The topological polar surface area (TPSA) is 105 Å². The molecule has 1 atom stereocenters. The third-order valence-corrected chi connectivity index (χ3v) is 4.80. The fraction of sp³-hybridized carbons (Fsp3) is 0.524. The lowest BCUT2D eigenvalue weighted by Gasteiger charge is -2.25. The second kappa shape index (κ2) is 11.3. The minimum Gasteiger partial charge on any atom is -0.377 e. The van der Waals surface area contributed by atoms with E-state index in [-0.39, 0.29) is 11.9 Å². The molecule has 1 amide bonds. The smallest absolute Gasteiger partial charge is 0.222 e. The first kappa shape index (κ1) is 21.8. The van der Waals surface area contributed by atoms with Crippen LogP contribution < -0.4 is 16.0 Å². The fourth-order valence-electron chi connectivity index (χ4n) is 3.34. The van der Waals surface area contributed by atoms with Gasteiger partial charge in [-0.2, -0.15) is 5.10 Å². The number of hydrogen-bond acceptors (Lipinski definition) is 5. The van der Waals surface area contributed by atoms with E-state index in [0.29, 0.717) is 26.1 Å². The highest BCUT2D eigenvalue weighted by Crippen LogP contribution is 2.13. The van der Waals surface area contributed by atoms with Crippen molar-refractivity contribution >= 4 is 11.9 Å². The Hall–Kier alpha value is -2.94. The molecule has 1 aromatic carbocycles. The highest BCUT2D eigenvalue weighted by atomic mass is 16.5. The van der Waals surface area contributed by atoms with Crippen LogP contribution in [0.3, 0.4) is 0 Å². The Balaban J connectivity index is 1.46. The molecule has 9 nitrogen and oxygen atoms in total. The van der Waals surface area contributed by atoms with Crippen LogP contribution in [0.5, 0.6) is 0 Å². The standard InChI is InChI=1S/C21H31N7O2/c1-3-22-21(23-12-11-20(29)24-13-16-7-5-4-6-8-16)25-17-9-10-19-26-18(15-30-2)27-28(19)14-17/h4-8,17H,3,9-15H2,1-2H3,(H,24,29)(H2,22,23,25). The Morgan fingerprint density at radius 3 is 2.90 bits per heavy atom. The normalized spacial score (nSPS) is 16.1. The lowest BCUT2D eigenvalue weighted by molar-refractivity contribution is -0.121. The van der Waals surface area contributed by atoms with Crippen LogP contribution in [0.15, 0.2) is 35.3 Å². The van der Waals surface area contributed by atoms with E-state index in [1.54, 1.807) is 7.11 Å². The maximum atomic E-state index is 12.1. The van der Waals surface area contributed by atoms with E-state index in [4.69, 9.17) is 4.74 Å². The largest absolute Gasteiger partial charge is 0.377 e. The van der Waals surface area contributed by atoms with Crippen molar-refractivity contribution in [3.8, 4) is 0 Å². The number of ether oxygens (including phenoxy) is 1. The third-order valence-electron chi connectivity index (χ3n) is 4.80. The summed E-state index contributed by atoms with van der Waals surface area (Å²) >= 11 is 0. The van der Waals surface area contributed by atoms with Gasteiger partial charge in [0.15, 0.2) is 11.8 Å². The quantitative estimate of drug-likeness (QED) is 0.418. The number of aliphatic imine (C=N–C) groups is 1. The van der Waals surface area contributed by atoms with Crippen LogP contribution in [-0.4, -0.2) is 52.9 Å². The Kier molecular flexibility index (Phi) is 8.20. The lowest BCUT2D eigenvalue weighted by Crippen LogP contribution is -2.47. The van der Waals surface area contributed by atoms with Gasteiger partial charge >= 0.3 is 0 Å². The van der Waals surface area contributed by atoms with E-state index in [1.165, 1.54) is 0 Å². The van der Waals surface area contributed by atoms with Gasteiger partial charge in [0.2, 0.25) is 5.91 Å². The minimum absolute atomic E-state index is 0.00551. The molecule has 162 valence electrons. The van der Waals surface area contributed by atoms with E-state index < -0.39 is 0 Å². The predicted octanol–water partition coefficient (Wildman–Crippen LogP) is 1.00. The van der Waals surface area contributed by atoms with Crippen molar-refractivity contribution in [3.63, 3.8) is 0 Å². The first-order chi connectivity index (χ1) is 14.7. The number of carbonyl (C=O) groups excluding carboxylic acids is 1. The number of amides is 1. The number of methoxy groups -OCH3 is 1. The summed E-state index contributed by atoms with van der Waals surface area (Å²) in [5.74, 6) is 2.43. The Bertz CT molecular complexity index is 835. The molecule has 0 fully saturated rings. The number of benzene rings is 1. The zero-order chi connectivity index (χ0) is 21.2. The molecule has 2 aromatic rings. The van der Waals surface area contributed by atoms with Crippen LogP contribution in [-0.2, 0) is 35.6 Å². The Morgan fingerprint density at radius 1 is 1.30 bits per heavy atom. The van der Waals surface area contributed by atoms with E-state index in [1.807, 2.05) is 41.9 Å². The maximum absolute atomic E-state index is 12.1. The van der Waals surface area contributed by atoms with Crippen LogP contribution >= 0.6 is 0 Å². The molecular formula is C21H31N7O2. The summed E-state index contributed by atoms with van der Waals surface area (Å²) in [7, 11) is 1.64. The van der Waals surface area contributed by atoms with Crippen LogP contribution in [0.4, 0.5) is 0 Å². The summed E-state index contributed by atoms with van der Waals surface area (Å²) in [6.07, 6.45) is 2.16. The molecule has 0 saturated carbocycles. The molecule has 1 aromatic heterocycles. The van der Waals surface area contributed by atoms with Gasteiger partial charge in [0, 0.05) is 39.1 Å². The third kappa shape index (κ3) is 6.55. The average Bonchev–Trinajstić information content (AvgIpc) is 3.15. The molecule has 30 heavy (non-hydrogen) atoms. The summed E-state index contributed by atoms with van der Waals surface area (Å²) in [4.78, 5) is 21.2. The van der Waals surface area contributed by atoms with Crippen molar-refractivity contribution in [2.24, 2.45) is 4.99 Å². The molecule has 0 spiro atoms. The van der Waals surface area contributed by atoms with Crippen LogP contribution in [0.1, 0.15) is 37.0 Å². The summed E-state index contributed by atoms with van der Waals surface area (Å²) in [6.45, 7) is 4.90. The van der Waals surface area contributed by atoms with Gasteiger partial charge in [0.05, 0.1) is 13.1 Å². The van der Waals surface area contributed by atoms with Gasteiger partial charge < -0.3 is 20.7 Å². The molecule has 1 unspecified atom stereocenters. The molecular weight excluding hydrogens is 382 g/mol. The molecule has 1 aliphatic rings. The minimum atomic E-state index is -0.00551. The molecule has 1 aliphatic heterocycles. The molecule has 3 N–H and O–H groups in total. The second-order valence-corrected chi connectivity index (χ2v) is 7.21. The van der Waals surface area contributed by atoms with Gasteiger partial charge in [-0.05, 0) is 18.9 Å². The maximum Gasteiger partial charge on any atom is 0.222 e. The van der Waals surface area contributed by atoms with Crippen LogP contribution in [0.2, 0.25) is 0 Å². The number of guanidine groups is 1. The molecule has 0 saturated heterocycles. The van der Waals surface area contributed by atoms with Crippen molar-refractivity contribution in [2.75, 3.05) is 20.2 Å². The molecule has 0 bridgehead atoms. The number of hydrogen-bond donors (Lipinski definition) is 3. The Morgan fingerprint density at radius 2 is 2.13 bits per heavy atom. The van der Waals surface area contributed by atoms with Gasteiger partial charge in [0.1, 0.15) is 12.4 Å². The molecule has 3 rings (SSSR count). The first-order valence-corrected chi connectivity index (χ1v) is 10.4. The number of aryl methyl sites for hydroxylation is 1. The van der Waals surface area contributed by atoms with E-state index in [2.05, 4.69) is 31.0 Å². The Labute approximate surface area is 177 Å². The molecule has 0 aliphatic carbocycles. The average molecular weight is 414 g/mol. The van der Waals surface area contributed by atoms with Gasteiger partial charge in [-0.1, -0.05) is 30.3 Å². The zero-order valence-electron chi connectivity index (χ0n) is 17.7. The highest BCUT2D eigenvalue weighted by molar-refractivity contribution is 5.81. The molecule has 0 radical (unpaired) electrons. The van der Waals surface area contributed by atoms with E-state index >= 15 is 0 Å². The van der Waals surface area contributed by atoms with Crippen molar-refractivity contribution in [1.29, 1.82) is 0 Å². The van der Waals surface area contributed by atoms with E-state index in [0.717, 1.165) is 49.1 Å². The number of rotatable bonds is 9. The van der Waals surface area contributed by atoms with Gasteiger partial charge in [-0.3, -0.25) is 9.79 Å². The van der Waals surface area contributed by atoms with Crippen molar-refractivity contribution in [2.45, 2.75) is 51.9 Å². The predicted molar refractivity (Wildman–Crippen MR) is 115 cm³/mol. The highest BCUT2D eigenvalue weighted by Gasteiger charge is 2.22. The summed E-state index contributed by atoms with van der Waals surface area (Å²) in [5.41, 5.74) is 1.09. The summed E-state index contributed by atoms with van der Waals surface area (Å²) in [5, 5.41) is 14.1. The lowest BCUT2D eigenvalue weighted by atomic mass is 10.1. The van der Waals surface area contributed by atoms with Crippen molar-refractivity contribution in [1.82, 2.24) is 30.7 Å². The number of nitrogens with zero attached hydrogens (tertiary/aromatic N) is 4. The van der Waals surface area contributed by atoms with Crippen molar-refractivity contribution < 1.29 is 9.53 Å². The number of nitrogens with one attached hydrogen (secondary N) is 3. The number of aromatic nitrogens is 3. The molecule has 2 heterocycles. The number of fused-ring (bicyclic) bond motifs is 1. The monoisotopic (exact) mass is 413 g/mol. The summed E-state index contributed by atoms with van der Waals surface area (Å²) < 4.78 is 7.06. The molecule has 9 heteroatoms. The van der Waals surface area contributed by atoms with Gasteiger partial charge in [0.25, 0.3) is 0 Å². The van der Waals surface area contributed by atoms with Gasteiger partial charge in [-0.25, -0.2) is 9.67 Å². The SMILES string of the molecule is CCNC(=NCCC(=O)NCc1ccccc1)NC1CCc2nc(COC)nn2C1. The second-order valence-electron chi connectivity index (χ2n) is 7.21. The van der Waals surface area contributed by atoms with Crippen LogP contribution in [0, 0.1) is 0 Å². The summed E-state index contributed by atoms with van der Waals surface area (Å²) in [6, 6.07) is 10.1. The zero-order valence-corrected chi connectivity index (χ0v) is 17.7. The van der Waals surface area contributed by atoms with Crippen molar-refractivity contribution in [3.05, 3.63) is 47.5 Å². The first-order valence-electron chi connectivity index (χ1n) is 10.4. The fourth-order valence-corrected chi connectivity index (χ4v) is 3.34. The number of carbonyl (C=O) groups is 1. The van der Waals surface area contributed by atoms with Gasteiger partial charge in [-0.15, -0.1) is 0 Å². The van der Waals surface area contributed by atoms with E-state index in [9.17, 15) is 4.79 Å².